The van der Waals surface area contributed by atoms with E-state index in [2.05, 4.69) is 26.1 Å². The van der Waals surface area contributed by atoms with E-state index in [0.717, 1.165) is 4.47 Å². The molecule has 1 aromatic rings. The average molecular weight is 270 g/mol. The van der Waals surface area contributed by atoms with Crippen molar-refractivity contribution in [3.63, 3.8) is 0 Å². The Morgan fingerprint density at radius 2 is 2.07 bits per heavy atom. The van der Waals surface area contributed by atoms with Gasteiger partial charge in [-0.3, -0.25) is 0 Å². The summed E-state index contributed by atoms with van der Waals surface area (Å²) in [6.45, 7) is 0. The summed E-state index contributed by atoms with van der Waals surface area (Å²) in [4.78, 5) is 0. The van der Waals surface area contributed by atoms with E-state index in [0.29, 0.717) is 30.0 Å². The van der Waals surface area contributed by atoms with Crippen LogP contribution in [-0.2, 0) is 0 Å². The summed E-state index contributed by atoms with van der Waals surface area (Å²) in [6.07, 6.45) is 1.26. The number of halogens is 2. The molecule has 0 saturated carbocycles. The Hall–Kier alpha value is -1.23. The van der Waals surface area contributed by atoms with Gasteiger partial charge in [0.2, 0.25) is 0 Å². The smallest absolute Gasteiger partial charge is 0.132 e. The molecule has 0 aromatic heterocycles. The van der Waals surface area contributed by atoms with Crippen molar-refractivity contribution in [2.45, 2.75) is 12.8 Å². The molecule has 0 fully saturated rings. The number of hydrogen-bond acceptors (Lipinski definition) is 3. The van der Waals surface area contributed by atoms with Gasteiger partial charge in [0, 0.05) is 16.5 Å². The van der Waals surface area contributed by atoms with Gasteiger partial charge in [0.25, 0.3) is 0 Å². The Morgan fingerprint density at radius 3 is 2.73 bits per heavy atom. The minimum Gasteiger partial charge on any atom is -0.386 e. The second kappa shape index (κ2) is 4.10. The zero-order valence-corrected chi connectivity index (χ0v) is 9.46. The molecule has 2 rings (SSSR count). The first-order valence-corrected chi connectivity index (χ1v) is 5.30. The summed E-state index contributed by atoms with van der Waals surface area (Å²) in [5, 5.41) is 7.66. The third-order valence-electron chi connectivity index (χ3n) is 2.16. The molecular formula is C10H9BrFN3. The molecule has 0 radical (unpaired) electrons. The largest absolute Gasteiger partial charge is 0.386 e. The molecule has 0 spiro atoms. The Morgan fingerprint density at radius 1 is 1.27 bits per heavy atom. The first-order chi connectivity index (χ1) is 7.16. The second-order valence-electron chi connectivity index (χ2n) is 3.26. The van der Waals surface area contributed by atoms with Gasteiger partial charge in [0.1, 0.15) is 11.7 Å². The van der Waals surface area contributed by atoms with E-state index < -0.39 is 0 Å². The number of amidine groups is 1. The van der Waals surface area contributed by atoms with Crippen LogP contribution in [0.25, 0.3) is 0 Å². The highest BCUT2D eigenvalue weighted by Crippen LogP contribution is 2.19. The summed E-state index contributed by atoms with van der Waals surface area (Å²) in [5.41, 5.74) is 6.61. The fraction of sp³-hybridized carbons (Fsp3) is 0.200. The summed E-state index contributed by atoms with van der Waals surface area (Å²) in [5.74, 6) is 0.210. The topological polar surface area (TPSA) is 50.7 Å². The van der Waals surface area contributed by atoms with Crippen LogP contribution in [-0.4, -0.2) is 11.5 Å². The van der Waals surface area contributed by atoms with Crippen molar-refractivity contribution in [1.29, 1.82) is 0 Å². The maximum atomic E-state index is 13.5. The molecule has 2 N–H and O–H groups in total. The lowest BCUT2D eigenvalue weighted by Gasteiger charge is -2.10. The van der Waals surface area contributed by atoms with Crippen LogP contribution in [0.3, 0.4) is 0 Å². The minimum absolute atomic E-state index is 0.285. The number of nitrogens with zero attached hydrogens (tertiary/aromatic N) is 2. The van der Waals surface area contributed by atoms with Crippen LogP contribution in [0.4, 0.5) is 4.39 Å². The van der Waals surface area contributed by atoms with E-state index in [-0.39, 0.29) is 5.82 Å². The van der Waals surface area contributed by atoms with E-state index in [9.17, 15) is 4.39 Å². The van der Waals surface area contributed by atoms with Gasteiger partial charge >= 0.3 is 0 Å². The maximum Gasteiger partial charge on any atom is 0.132 e. The number of hydrogen-bond donors (Lipinski definition) is 1. The molecule has 0 amide bonds. The lowest BCUT2D eigenvalue weighted by molar-refractivity contribution is 0.624. The molecule has 0 saturated heterocycles. The molecule has 0 unspecified atom stereocenters. The summed E-state index contributed by atoms with van der Waals surface area (Å²) in [6, 6.07) is 4.76. The summed E-state index contributed by atoms with van der Waals surface area (Å²) in [7, 11) is 0. The molecule has 3 nitrogen and oxygen atoms in total. The Kier molecular flexibility index (Phi) is 2.81. The fourth-order valence-electron chi connectivity index (χ4n) is 1.38. The molecule has 5 heteroatoms. The van der Waals surface area contributed by atoms with E-state index >= 15 is 0 Å². The quantitative estimate of drug-likeness (QED) is 0.837. The normalized spacial score (nSPS) is 15.9. The van der Waals surface area contributed by atoms with Crippen LogP contribution < -0.4 is 5.73 Å². The lowest BCUT2D eigenvalue weighted by Crippen LogP contribution is -2.18. The van der Waals surface area contributed by atoms with E-state index in [1.807, 2.05) is 0 Å². The molecule has 0 atom stereocenters. The molecule has 0 aliphatic carbocycles. The number of rotatable bonds is 1. The van der Waals surface area contributed by atoms with Gasteiger partial charge in [-0.2, -0.15) is 5.10 Å². The first kappa shape index (κ1) is 10.3. The van der Waals surface area contributed by atoms with Crippen LogP contribution in [0.5, 0.6) is 0 Å². The van der Waals surface area contributed by atoms with Crippen LogP contribution in [0, 0.1) is 5.82 Å². The Labute approximate surface area is 95.0 Å². The minimum atomic E-state index is -0.285. The lowest BCUT2D eigenvalue weighted by atomic mass is 10.0. The van der Waals surface area contributed by atoms with Crippen molar-refractivity contribution < 1.29 is 4.39 Å². The van der Waals surface area contributed by atoms with Crippen molar-refractivity contribution >= 4 is 27.5 Å². The summed E-state index contributed by atoms with van der Waals surface area (Å²) >= 11 is 3.29. The third kappa shape index (κ3) is 2.23. The highest BCUT2D eigenvalue weighted by molar-refractivity contribution is 9.10. The van der Waals surface area contributed by atoms with Gasteiger partial charge in [-0.1, -0.05) is 15.9 Å². The maximum absolute atomic E-state index is 13.5. The van der Waals surface area contributed by atoms with E-state index in [1.165, 1.54) is 6.07 Å². The van der Waals surface area contributed by atoms with Gasteiger partial charge in [-0.15, -0.1) is 5.10 Å². The molecular weight excluding hydrogens is 261 g/mol. The van der Waals surface area contributed by atoms with E-state index in [4.69, 9.17) is 5.73 Å². The van der Waals surface area contributed by atoms with Crippen molar-refractivity contribution in [1.82, 2.24) is 0 Å². The van der Waals surface area contributed by atoms with Crippen LogP contribution in [0.1, 0.15) is 18.4 Å². The van der Waals surface area contributed by atoms with Gasteiger partial charge in [0.05, 0.1) is 5.71 Å². The van der Waals surface area contributed by atoms with Crippen LogP contribution in [0.2, 0.25) is 0 Å². The molecule has 0 bridgehead atoms. The third-order valence-corrected chi connectivity index (χ3v) is 2.65. The highest BCUT2D eigenvalue weighted by atomic mass is 79.9. The highest BCUT2D eigenvalue weighted by Gasteiger charge is 2.13. The second-order valence-corrected chi connectivity index (χ2v) is 4.18. The predicted molar refractivity (Wildman–Crippen MR) is 61.5 cm³/mol. The fourth-order valence-corrected chi connectivity index (χ4v) is 1.74. The Balaban J connectivity index is 2.42. The van der Waals surface area contributed by atoms with Crippen molar-refractivity contribution in [2.75, 3.05) is 0 Å². The molecule has 15 heavy (non-hydrogen) atoms. The van der Waals surface area contributed by atoms with Gasteiger partial charge in [-0.25, -0.2) is 4.39 Å². The first-order valence-electron chi connectivity index (χ1n) is 4.51. The number of nitrogens with two attached hydrogens (primary N) is 1. The Bertz CT molecular complexity index is 454. The molecule has 1 aliphatic rings. The van der Waals surface area contributed by atoms with Crippen molar-refractivity contribution in [2.24, 2.45) is 15.9 Å². The van der Waals surface area contributed by atoms with Crippen LogP contribution >= 0.6 is 15.9 Å². The van der Waals surface area contributed by atoms with Gasteiger partial charge in [-0.05, 0) is 24.6 Å². The molecule has 78 valence electrons. The SMILES string of the molecule is NC1=NN=C(c2cc(Br)ccc2F)CC1. The molecule has 1 aliphatic heterocycles. The van der Waals surface area contributed by atoms with Gasteiger partial charge < -0.3 is 5.73 Å². The average Bonchev–Trinajstić information content (AvgIpc) is 2.23. The van der Waals surface area contributed by atoms with Crippen molar-refractivity contribution in [3.05, 3.63) is 34.1 Å². The predicted octanol–water partition coefficient (Wildman–Crippen LogP) is 2.44. The van der Waals surface area contributed by atoms with Gasteiger partial charge in [0.15, 0.2) is 0 Å². The van der Waals surface area contributed by atoms with Crippen LogP contribution in [0.15, 0.2) is 32.9 Å². The van der Waals surface area contributed by atoms with Crippen molar-refractivity contribution in [3.8, 4) is 0 Å². The number of benzene rings is 1. The monoisotopic (exact) mass is 269 g/mol. The standard InChI is InChI=1S/C10H9BrFN3/c11-6-1-2-8(12)7(5-6)9-3-4-10(13)15-14-9/h1-2,5H,3-4H2,(H2,13,15). The molecule has 1 heterocycles. The summed E-state index contributed by atoms with van der Waals surface area (Å²) < 4.78 is 14.3. The molecule has 1 aromatic carbocycles. The zero-order valence-electron chi connectivity index (χ0n) is 7.87. The van der Waals surface area contributed by atoms with E-state index in [1.54, 1.807) is 12.1 Å². The zero-order chi connectivity index (χ0) is 10.8.